The van der Waals surface area contributed by atoms with Gasteiger partial charge >= 0.3 is 0 Å². The van der Waals surface area contributed by atoms with Gasteiger partial charge in [0.25, 0.3) is 5.97 Å². The molecule has 0 bridgehead atoms. The fourth-order valence-corrected chi connectivity index (χ4v) is 10.3. The van der Waals surface area contributed by atoms with Crippen LogP contribution in [0.5, 0.6) is 0 Å². The molecule has 2 fully saturated rings. The molecule has 8 aromatic heterocycles. The molecule has 2 N–H and O–H groups in total. The number of nitrogens with one attached hydrogen (secondary N) is 1. The smallest absolute Gasteiger partial charge is 0.300 e. The number of carboxylic acid groups (broad SMARTS) is 1. The number of aromatic nitrogens is 12. The lowest BCUT2D eigenvalue weighted by molar-refractivity contribution is -0.134. The van der Waals surface area contributed by atoms with E-state index in [9.17, 15) is 19.2 Å². The summed E-state index contributed by atoms with van der Waals surface area (Å²) in [4.78, 5) is 76.8. The van der Waals surface area contributed by atoms with Crippen molar-refractivity contribution in [2.75, 3.05) is 31.1 Å². The minimum atomic E-state index is -0.833. The standard InChI is InChI=1S/C27H27N7O2S.C16H18N4O.C11H10BrN3OS.C2H4O2/c1-18-9-12-29-21(14-18)6-8-25(36)26-32-33-27(37-26)34-13-10-19(17-34)24-7-5-22(30-31-24)16-23(35)15-20-4-2-3-11-28-20;21-15(9-13-3-1-2-7-18-13)10-14-4-5-16(20-19-14)12-6-8-17-11-12;1-7-4-5-13-8(6-7)2-3-9(16)10-14-15-11(12)17-10;1-2(3)4/h2-5,7,9,11-12,14,19H,6,8,10,13,15-17H2,1H3;1-5,7,12,17H,6,8-11H2;4-6H,2-3H2,1H3;1H3,(H,3,4)/t19-;12-;;/m11../s1. The molecule has 2 aliphatic heterocycles. The summed E-state index contributed by atoms with van der Waals surface area (Å²) in [6.07, 6.45) is 12.1. The summed E-state index contributed by atoms with van der Waals surface area (Å²) < 4.78 is 0.634. The summed E-state index contributed by atoms with van der Waals surface area (Å²) in [5.41, 5.74) is 8.98. The number of aliphatic carboxylic acids is 1. The summed E-state index contributed by atoms with van der Waals surface area (Å²) in [7, 11) is 0. The fourth-order valence-electron chi connectivity index (χ4n) is 8.33. The summed E-state index contributed by atoms with van der Waals surface area (Å²) in [6, 6.07) is 26.8. The van der Waals surface area contributed by atoms with E-state index in [1.54, 1.807) is 24.8 Å². The molecule has 0 amide bonds. The third-order valence-electron chi connectivity index (χ3n) is 12.3. The third-order valence-corrected chi connectivity index (χ3v) is 14.7. The van der Waals surface area contributed by atoms with Crippen LogP contribution in [0.15, 0.2) is 114 Å². The van der Waals surface area contributed by atoms with E-state index in [0.29, 0.717) is 64.1 Å². The Bertz CT molecular complexity index is 3250. The Morgan fingerprint density at radius 1 is 0.582 bits per heavy atom. The molecule has 408 valence electrons. The Hall–Kier alpha value is -7.73. The lowest BCUT2D eigenvalue weighted by Gasteiger charge is -2.13. The van der Waals surface area contributed by atoms with Crippen molar-refractivity contribution >= 4 is 72.8 Å². The topological polar surface area (TPSA) is 276 Å². The zero-order chi connectivity index (χ0) is 55.9. The maximum absolute atomic E-state index is 12.6. The molecule has 20 nitrogen and oxygen atoms in total. The molecule has 2 atom stereocenters. The molecule has 2 saturated heterocycles. The lowest BCUT2D eigenvalue weighted by atomic mass is 10.0. The number of halogens is 1. The van der Waals surface area contributed by atoms with Gasteiger partial charge in [-0.2, -0.15) is 20.4 Å². The maximum Gasteiger partial charge on any atom is 0.300 e. The van der Waals surface area contributed by atoms with E-state index in [1.807, 2.05) is 98.8 Å². The molecule has 0 saturated carbocycles. The van der Waals surface area contributed by atoms with Crippen molar-refractivity contribution in [2.24, 2.45) is 0 Å². The van der Waals surface area contributed by atoms with Gasteiger partial charge in [0, 0.05) is 112 Å². The minimum absolute atomic E-state index is 0.0107. The van der Waals surface area contributed by atoms with E-state index in [4.69, 9.17) is 9.90 Å². The van der Waals surface area contributed by atoms with Crippen LogP contribution in [0.25, 0.3) is 0 Å². The molecular weight excluding hydrogens is 1110 g/mol. The first-order valence-corrected chi connectivity index (χ1v) is 28.0. The molecule has 0 aliphatic carbocycles. The molecule has 23 heteroatoms. The molecule has 10 heterocycles. The molecule has 2 aliphatic rings. The largest absolute Gasteiger partial charge is 0.481 e. The van der Waals surface area contributed by atoms with Crippen molar-refractivity contribution < 1.29 is 29.1 Å². The average Bonchev–Trinajstić information content (AvgIpc) is 4.35. The van der Waals surface area contributed by atoms with Gasteiger partial charge in [0.15, 0.2) is 25.5 Å². The van der Waals surface area contributed by atoms with Gasteiger partial charge in [-0.05, 0) is 146 Å². The molecule has 79 heavy (non-hydrogen) atoms. The average molecular weight is 1170 g/mol. The van der Waals surface area contributed by atoms with Crippen LogP contribution >= 0.6 is 38.6 Å². The predicted octanol–water partition coefficient (Wildman–Crippen LogP) is 7.80. The highest BCUT2D eigenvalue weighted by atomic mass is 79.9. The second kappa shape index (κ2) is 30.4. The number of rotatable bonds is 19. The number of nitrogens with zero attached hydrogens (tertiary/aromatic N) is 13. The summed E-state index contributed by atoms with van der Waals surface area (Å²) in [5, 5.41) is 45.5. The van der Waals surface area contributed by atoms with Crippen molar-refractivity contribution in [3.05, 3.63) is 180 Å². The molecular formula is C56H59BrN14O6S2. The van der Waals surface area contributed by atoms with Gasteiger partial charge in [0.2, 0.25) is 5.13 Å². The normalized spacial score (nSPS) is 14.4. The van der Waals surface area contributed by atoms with Crippen LogP contribution in [0, 0.1) is 13.8 Å². The minimum Gasteiger partial charge on any atom is -0.481 e. The summed E-state index contributed by atoms with van der Waals surface area (Å²) >= 11 is 5.78. The van der Waals surface area contributed by atoms with E-state index < -0.39 is 5.97 Å². The first kappa shape index (κ1) is 58.9. The van der Waals surface area contributed by atoms with E-state index in [2.05, 4.69) is 86.9 Å². The van der Waals surface area contributed by atoms with E-state index in [0.717, 1.165) is 102 Å². The van der Waals surface area contributed by atoms with E-state index in [-0.39, 0.29) is 41.9 Å². The Kier molecular flexibility index (Phi) is 22.7. The molecule has 0 unspecified atom stereocenters. The van der Waals surface area contributed by atoms with Crippen LogP contribution in [-0.4, -0.2) is 121 Å². The Balaban J connectivity index is 0.000000181. The summed E-state index contributed by atoms with van der Waals surface area (Å²) in [5.74, 6) is -0.00168. The van der Waals surface area contributed by atoms with Crippen molar-refractivity contribution in [2.45, 2.75) is 96.8 Å². The maximum atomic E-state index is 12.6. The number of ketones is 4. The molecule has 10 rings (SSSR count). The Labute approximate surface area is 473 Å². The quantitative estimate of drug-likeness (QED) is 0.0730. The number of hydrogen-bond donors (Lipinski definition) is 2. The zero-order valence-electron chi connectivity index (χ0n) is 43.9. The highest BCUT2D eigenvalue weighted by Crippen LogP contribution is 2.32. The third kappa shape index (κ3) is 19.9. The number of pyridine rings is 4. The number of carbonyl (C=O) groups excluding carboxylic acids is 4. The lowest BCUT2D eigenvalue weighted by Crippen LogP contribution is -2.19. The van der Waals surface area contributed by atoms with Crippen LogP contribution in [0.1, 0.15) is 121 Å². The second-order valence-electron chi connectivity index (χ2n) is 18.7. The number of Topliss-reactive ketones (excluding diaryl/α,β-unsaturated/α-hetero) is 4. The highest BCUT2D eigenvalue weighted by molar-refractivity contribution is 9.11. The van der Waals surface area contributed by atoms with Gasteiger partial charge < -0.3 is 15.3 Å². The van der Waals surface area contributed by atoms with Crippen LogP contribution in [0.4, 0.5) is 5.13 Å². The van der Waals surface area contributed by atoms with Gasteiger partial charge in [0.1, 0.15) is 11.6 Å². The first-order chi connectivity index (χ1) is 38.2. The Morgan fingerprint density at radius 2 is 1.09 bits per heavy atom. The van der Waals surface area contributed by atoms with Crippen molar-refractivity contribution in [3.63, 3.8) is 0 Å². The zero-order valence-corrected chi connectivity index (χ0v) is 47.2. The van der Waals surface area contributed by atoms with Crippen LogP contribution in [0.3, 0.4) is 0 Å². The molecule has 0 radical (unpaired) electrons. The van der Waals surface area contributed by atoms with Gasteiger partial charge in [-0.1, -0.05) is 34.8 Å². The van der Waals surface area contributed by atoms with Gasteiger partial charge in [-0.25, -0.2) is 0 Å². The number of anilines is 1. The van der Waals surface area contributed by atoms with Crippen molar-refractivity contribution in [3.8, 4) is 0 Å². The molecule has 0 aromatic carbocycles. The van der Waals surface area contributed by atoms with Crippen molar-refractivity contribution in [1.82, 2.24) is 66.0 Å². The fraction of sp³-hybridized carbons (Fsp3) is 0.339. The number of carbonyl (C=O) groups is 5. The van der Waals surface area contributed by atoms with E-state index in [1.165, 1.54) is 22.7 Å². The van der Waals surface area contributed by atoms with Crippen molar-refractivity contribution in [1.29, 1.82) is 0 Å². The first-order valence-electron chi connectivity index (χ1n) is 25.6. The van der Waals surface area contributed by atoms with E-state index >= 15 is 0 Å². The Morgan fingerprint density at radius 3 is 1.54 bits per heavy atom. The van der Waals surface area contributed by atoms with Gasteiger partial charge in [-0.15, -0.1) is 20.4 Å². The van der Waals surface area contributed by atoms with Crippen LogP contribution in [0.2, 0.25) is 0 Å². The monoisotopic (exact) mass is 1170 g/mol. The number of hydrogen-bond acceptors (Lipinski definition) is 21. The predicted molar refractivity (Wildman–Crippen MR) is 301 cm³/mol. The number of carboxylic acids is 1. The van der Waals surface area contributed by atoms with Crippen LogP contribution < -0.4 is 10.2 Å². The van der Waals surface area contributed by atoms with Gasteiger partial charge in [-0.3, -0.25) is 43.9 Å². The molecule has 8 aromatic rings. The second-order valence-corrected chi connectivity index (χ2v) is 21.9. The van der Waals surface area contributed by atoms with Crippen LogP contribution in [-0.2, 0) is 52.9 Å². The highest BCUT2D eigenvalue weighted by Gasteiger charge is 2.29. The summed E-state index contributed by atoms with van der Waals surface area (Å²) in [6.45, 7) is 8.66. The molecule has 0 spiro atoms. The number of aryl methyl sites for hydroxylation is 4. The SMILES string of the molecule is CC(=O)O.Cc1ccnc(CCC(=O)c2nnc(Br)s2)c1.Cc1ccnc(CCC(=O)c2nnc(N3CC[C@@H](c4ccc(CC(=O)Cc5ccccn5)nn4)C3)s2)c1.O=C(Cc1ccccn1)Cc1ccc([C@@H]2CCNC2)nn1. The van der Waals surface area contributed by atoms with Gasteiger partial charge in [0.05, 0.1) is 35.6 Å².